The lowest BCUT2D eigenvalue weighted by molar-refractivity contribution is 0.0951. The molecule has 0 spiro atoms. The highest BCUT2D eigenvalue weighted by atomic mass is 35.5. The second kappa shape index (κ2) is 7.63. The maximum atomic E-state index is 12.2. The van der Waals surface area contributed by atoms with Crippen molar-refractivity contribution in [3.05, 3.63) is 41.1 Å². The third-order valence-corrected chi connectivity index (χ3v) is 4.07. The second-order valence-corrected chi connectivity index (χ2v) is 5.95. The Labute approximate surface area is 145 Å². The Bertz CT molecular complexity index is 713. The molecule has 2 aromatic heterocycles. The number of pyridine rings is 1. The lowest BCUT2D eigenvalue weighted by Crippen LogP contribution is -2.27. The number of hydrogen-bond donors (Lipinski definition) is 1. The Morgan fingerprint density at radius 1 is 1.54 bits per heavy atom. The summed E-state index contributed by atoms with van der Waals surface area (Å²) in [4.78, 5) is 20.5. The topological polar surface area (TPSA) is 78.3 Å². The van der Waals surface area contributed by atoms with Crippen LogP contribution in [0, 0.1) is 6.92 Å². The van der Waals surface area contributed by atoms with Crippen LogP contribution in [-0.4, -0.2) is 46.3 Å². The van der Waals surface area contributed by atoms with E-state index >= 15 is 0 Å². The SMILES string of the molecule is Cc1nccn1CCNC(=O)c1cnc(O[C@H]2CCOC2)c(Cl)c1. The van der Waals surface area contributed by atoms with Crippen LogP contribution in [0.4, 0.5) is 0 Å². The van der Waals surface area contributed by atoms with E-state index < -0.39 is 0 Å². The van der Waals surface area contributed by atoms with Gasteiger partial charge in [-0.2, -0.15) is 0 Å². The summed E-state index contributed by atoms with van der Waals surface area (Å²) in [5.74, 6) is 1.02. The molecule has 1 N–H and O–H groups in total. The molecule has 8 heteroatoms. The molecule has 3 rings (SSSR count). The highest BCUT2D eigenvalue weighted by molar-refractivity contribution is 6.32. The van der Waals surface area contributed by atoms with Gasteiger partial charge in [0.15, 0.2) is 0 Å². The van der Waals surface area contributed by atoms with Crippen LogP contribution in [0.5, 0.6) is 5.88 Å². The highest BCUT2D eigenvalue weighted by Gasteiger charge is 2.20. The van der Waals surface area contributed by atoms with E-state index in [2.05, 4.69) is 15.3 Å². The molecule has 1 aliphatic rings. The summed E-state index contributed by atoms with van der Waals surface area (Å²) in [6.45, 7) is 4.28. The first kappa shape index (κ1) is 16.7. The molecule has 1 aliphatic heterocycles. The van der Waals surface area contributed by atoms with Crippen molar-refractivity contribution in [2.45, 2.75) is 26.0 Å². The number of nitrogens with one attached hydrogen (secondary N) is 1. The Morgan fingerprint density at radius 3 is 3.08 bits per heavy atom. The molecule has 1 amide bonds. The third-order valence-electron chi connectivity index (χ3n) is 3.80. The van der Waals surface area contributed by atoms with Crippen LogP contribution in [0.3, 0.4) is 0 Å². The zero-order valence-electron chi connectivity index (χ0n) is 13.4. The van der Waals surface area contributed by atoms with E-state index in [1.165, 1.54) is 6.20 Å². The zero-order valence-corrected chi connectivity index (χ0v) is 14.1. The van der Waals surface area contributed by atoms with E-state index in [0.717, 1.165) is 12.2 Å². The molecule has 2 aromatic rings. The van der Waals surface area contributed by atoms with E-state index in [1.54, 1.807) is 12.3 Å². The molecule has 7 nitrogen and oxygen atoms in total. The van der Waals surface area contributed by atoms with Crippen LogP contribution in [0.1, 0.15) is 22.6 Å². The molecule has 0 bridgehead atoms. The molecule has 1 saturated heterocycles. The normalized spacial score (nSPS) is 17.0. The van der Waals surface area contributed by atoms with Crippen molar-refractivity contribution in [1.29, 1.82) is 0 Å². The number of carbonyl (C=O) groups excluding carboxylic acids is 1. The fourth-order valence-corrected chi connectivity index (χ4v) is 2.64. The molecular weight excluding hydrogens is 332 g/mol. The minimum Gasteiger partial charge on any atom is -0.471 e. The van der Waals surface area contributed by atoms with Gasteiger partial charge in [-0.15, -0.1) is 0 Å². The number of aryl methyl sites for hydroxylation is 1. The summed E-state index contributed by atoms with van der Waals surface area (Å²) in [6.07, 6.45) is 5.85. The van der Waals surface area contributed by atoms with Gasteiger partial charge in [-0.25, -0.2) is 9.97 Å². The van der Waals surface area contributed by atoms with Crippen molar-refractivity contribution >= 4 is 17.5 Å². The number of nitrogens with zero attached hydrogens (tertiary/aromatic N) is 3. The summed E-state index contributed by atoms with van der Waals surface area (Å²) in [5.41, 5.74) is 0.400. The number of rotatable bonds is 6. The summed E-state index contributed by atoms with van der Waals surface area (Å²) in [6, 6.07) is 1.57. The summed E-state index contributed by atoms with van der Waals surface area (Å²) in [7, 11) is 0. The number of ether oxygens (including phenoxy) is 2. The van der Waals surface area contributed by atoms with Crippen LogP contribution >= 0.6 is 11.6 Å². The number of carbonyl (C=O) groups is 1. The maximum absolute atomic E-state index is 12.2. The molecule has 24 heavy (non-hydrogen) atoms. The van der Waals surface area contributed by atoms with Crippen LogP contribution in [0.15, 0.2) is 24.7 Å². The van der Waals surface area contributed by atoms with Crippen LogP contribution in [0.2, 0.25) is 5.02 Å². The Kier molecular flexibility index (Phi) is 5.32. The molecule has 3 heterocycles. The number of halogens is 1. The number of hydrogen-bond acceptors (Lipinski definition) is 5. The lowest BCUT2D eigenvalue weighted by Gasteiger charge is -2.13. The van der Waals surface area contributed by atoms with Gasteiger partial charge < -0.3 is 19.4 Å². The molecule has 0 radical (unpaired) electrons. The first-order valence-corrected chi connectivity index (χ1v) is 8.17. The maximum Gasteiger partial charge on any atom is 0.252 e. The second-order valence-electron chi connectivity index (χ2n) is 5.54. The fraction of sp³-hybridized carbons (Fsp3) is 0.438. The average molecular weight is 351 g/mol. The molecule has 0 aromatic carbocycles. The van der Waals surface area contributed by atoms with Gasteiger partial charge >= 0.3 is 0 Å². The minimum absolute atomic E-state index is 0.0342. The van der Waals surface area contributed by atoms with Gasteiger partial charge in [0.1, 0.15) is 17.0 Å². The van der Waals surface area contributed by atoms with E-state index in [-0.39, 0.29) is 12.0 Å². The van der Waals surface area contributed by atoms with Crippen LogP contribution in [0.25, 0.3) is 0 Å². The fourth-order valence-electron chi connectivity index (χ4n) is 2.43. The molecule has 0 unspecified atom stereocenters. The van der Waals surface area contributed by atoms with E-state index in [4.69, 9.17) is 21.1 Å². The Balaban J connectivity index is 1.54. The summed E-state index contributed by atoms with van der Waals surface area (Å²) < 4.78 is 12.9. The van der Waals surface area contributed by atoms with Crippen LogP contribution in [-0.2, 0) is 11.3 Å². The monoisotopic (exact) mass is 350 g/mol. The molecule has 0 aliphatic carbocycles. The molecule has 128 valence electrons. The molecular formula is C16H19ClN4O3. The van der Waals surface area contributed by atoms with Gasteiger partial charge in [0.2, 0.25) is 5.88 Å². The quantitative estimate of drug-likeness (QED) is 0.860. The number of aromatic nitrogens is 3. The van der Waals surface area contributed by atoms with Gasteiger partial charge in [-0.1, -0.05) is 11.6 Å². The summed E-state index contributed by atoms with van der Waals surface area (Å²) >= 11 is 6.17. The van der Waals surface area contributed by atoms with Crippen molar-refractivity contribution in [3.63, 3.8) is 0 Å². The predicted octanol–water partition coefficient (Wildman–Crippen LogP) is 1.84. The highest BCUT2D eigenvalue weighted by Crippen LogP contribution is 2.25. The van der Waals surface area contributed by atoms with Crippen molar-refractivity contribution in [1.82, 2.24) is 19.9 Å². The average Bonchev–Trinajstić information content (AvgIpc) is 3.21. The van der Waals surface area contributed by atoms with Gasteiger partial charge in [-0.05, 0) is 13.0 Å². The Hall–Kier alpha value is -2.12. The third kappa shape index (κ3) is 4.04. The van der Waals surface area contributed by atoms with Crippen LogP contribution < -0.4 is 10.1 Å². The largest absolute Gasteiger partial charge is 0.471 e. The minimum atomic E-state index is -0.224. The molecule has 0 saturated carbocycles. The first-order valence-electron chi connectivity index (χ1n) is 7.79. The van der Waals surface area contributed by atoms with Gasteiger partial charge in [0.05, 0.1) is 18.8 Å². The molecule has 1 atom stereocenters. The summed E-state index contributed by atoms with van der Waals surface area (Å²) in [5, 5.41) is 3.16. The zero-order chi connectivity index (χ0) is 16.9. The lowest BCUT2D eigenvalue weighted by atomic mass is 10.2. The number of amides is 1. The van der Waals surface area contributed by atoms with Gasteiger partial charge in [0.25, 0.3) is 5.91 Å². The van der Waals surface area contributed by atoms with Crippen molar-refractivity contribution in [2.75, 3.05) is 19.8 Å². The van der Waals surface area contributed by atoms with Gasteiger partial charge in [0, 0.05) is 38.1 Å². The van der Waals surface area contributed by atoms with Crippen molar-refractivity contribution in [2.24, 2.45) is 0 Å². The van der Waals surface area contributed by atoms with Crippen molar-refractivity contribution in [3.8, 4) is 5.88 Å². The van der Waals surface area contributed by atoms with E-state index in [0.29, 0.717) is 42.8 Å². The molecule has 1 fully saturated rings. The smallest absolute Gasteiger partial charge is 0.252 e. The Morgan fingerprint density at radius 2 is 2.42 bits per heavy atom. The predicted molar refractivity (Wildman–Crippen MR) is 88.4 cm³/mol. The standard InChI is InChI=1S/C16H19ClN4O3/c1-11-18-3-5-21(11)6-4-19-15(22)12-8-14(17)16(20-9-12)24-13-2-7-23-10-13/h3,5,8-9,13H,2,4,6-7,10H2,1H3,(H,19,22)/t13-/m0/s1. The van der Waals surface area contributed by atoms with E-state index in [1.807, 2.05) is 17.7 Å². The van der Waals surface area contributed by atoms with Gasteiger partial charge in [-0.3, -0.25) is 4.79 Å². The van der Waals surface area contributed by atoms with Crippen molar-refractivity contribution < 1.29 is 14.3 Å². The first-order chi connectivity index (χ1) is 11.6. The van der Waals surface area contributed by atoms with E-state index in [9.17, 15) is 4.79 Å². The number of imidazole rings is 1.